The van der Waals surface area contributed by atoms with Crippen molar-refractivity contribution >= 4 is 15.7 Å². The van der Waals surface area contributed by atoms with Crippen molar-refractivity contribution in [2.75, 3.05) is 26.0 Å². The maximum atomic E-state index is 12.3. The second-order valence-corrected chi connectivity index (χ2v) is 7.42. The van der Waals surface area contributed by atoms with Crippen molar-refractivity contribution in [2.45, 2.75) is 37.1 Å². The molecule has 114 valence electrons. The molecule has 0 radical (unpaired) electrons. The molecule has 0 spiro atoms. The molecule has 0 saturated heterocycles. The summed E-state index contributed by atoms with van der Waals surface area (Å²) in [5.74, 6) is 0. The molecule has 0 heterocycles. The molecule has 0 amide bonds. The number of hydrogen-bond donors (Lipinski definition) is 2. The highest BCUT2D eigenvalue weighted by Crippen LogP contribution is 2.28. The Balaban J connectivity index is 3.21. The summed E-state index contributed by atoms with van der Waals surface area (Å²) in [5, 5.41) is 12.4. The van der Waals surface area contributed by atoms with Crippen LogP contribution < -0.4 is 5.32 Å². The second-order valence-electron chi connectivity index (χ2n) is 5.30. The Morgan fingerprint density at radius 2 is 1.90 bits per heavy atom. The Hall–Kier alpha value is -1.11. The molecule has 0 aromatic heterocycles. The summed E-state index contributed by atoms with van der Waals surface area (Å²) in [5.41, 5.74) is 0.228. The zero-order chi connectivity index (χ0) is 15.4. The summed E-state index contributed by atoms with van der Waals surface area (Å²) >= 11 is 0. The van der Waals surface area contributed by atoms with E-state index in [0.29, 0.717) is 12.1 Å². The largest absolute Gasteiger partial charge is 0.396 e. The highest BCUT2D eigenvalue weighted by Gasteiger charge is 2.26. The third-order valence-corrected chi connectivity index (χ3v) is 5.40. The number of aliphatic hydroxyl groups excluding tert-OH is 1. The fourth-order valence-electron chi connectivity index (χ4n) is 1.89. The standard InChI is InChI=1S/C14H24N2O3S/c1-5-14(2,10-11-17)15-12-8-6-7-9-13(12)20(18,19)16(3)4/h6-9,15,17H,5,10-11H2,1-4H3. The van der Waals surface area contributed by atoms with Gasteiger partial charge in [0.1, 0.15) is 4.90 Å². The lowest BCUT2D eigenvalue weighted by molar-refractivity contribution is 0.252. The van der Waals surface area contributed by atoms with E-state index in [9.17, 15) is 8.42 Å². The van der Waals surface area contributed by atoms with Crippen molar-refractivity contribution in [1.82, 2.24) is 4.31 Å². The number of rotatable bonds is 7. The number of para-hydroxylation sites is 1. The van der Waals surface area contributed by atoms with Crippen LogP contribution in [0.1, 0.15) is 26.7 Å². The average molecular weight is 300 g/mol. The first-order valence-corrected chi connectivity index (χ1v) is 8.11. The summed E-state index contributed by atoms with van der Waals surface area (Å²) in [6.45, 7) is 4.04. The van der Waals surface area contributed by atoms with E-state index < -0.39 is 10.0 Å². The molecule has 6 heteroatoms. The Morgan fingerprint density at radius 3 is 2.40 bits per heavy atom. The van der Waals surface area contributed by atoms with Gasteiger partial charge in [0.05, 0.1) is 5.69 Å². The fraction of sp³-hybridized carbons (Fsp3) is 0.571. The van der Waals surface area contributed by atoms with Crippen molar-refractivity contribution in [1.29, 1.82) is 0 Å². The minimum atomic E-state index is -3.49. The number of anilines is 1. The number of hydrogen-bond acceptors (Lipinski definition) is 4. The number of nitrogens with one attached hydrogen (secondary N) is 1. The summed E-state index contributed by atoms with van der Waals surface area (Å²) in [6.07, 6.45) is 1.34. The van der Waals surface area contributed by atoms with Crippen LogP contribution in [0.2, 0.25) is 0 Å². The zero-order valence-electron chi connectivity index (χ0n) is 12.5. The third-order valence-electron chi connectivity index (χ3n) is 3.53. The summed E-state index contributed by atoms with van der Waals surface area (Å²) < 4.78 is 25.8. The quantitative estimate of drug-likeness (QED) is 0.807. The van der Waals surface area contributed by atoms with Gasteiger partial charge in [0.25, 0.3) is 0 Å². The monoisotopic (exact) mass is 300 g/mol. The van der Waals surface area contributed by atoms with Gasteiger partial charge in [-0.3, -0.25) is 0 Å². The first-order chi connectivity index (χ1) is 9.27. The predicted octanol–water partition coefficient (Wildman–Crippen LogP) is 1.90. The molecule has 1 atom stereocenters. The van der Waals surface area contributed by atoms with E-state index in [-0.39, 0.29) is 17.0 Å². The molecule has 2 N–H and O–H groups in total. The van der Waals surface area contributed by atoms with Gasteiger partial charge >= 0.3 is 0 Å². The van der Waals surface area contributed by atoms with E-state index in [1.807, 2.05) is 13.8 Å². The number of sulfonamides is 1. The molecule has 0 aliphatic heterocycles. The van der Waals surface area contributed by atoms with Crippen molar-refractivity contribution in [3.8, 4) is 0 Å². The minimum Gasteiger partial charge on any atom is -0.396 e. The smallest absolute Gasteiger partial charge is 0.244 e. The summed E-state index contributed by atoms with van der Waals surface area (Å²) in [6, 6.07) is 6.84. The van der Waals surface area contributed by atoms with Crippen LogP contribution in [0.15, 0.2) is 29.2 Å². The van der Waals surface area contributed by atoms with Gasteiger partial charge < -0.3 is 10.4 Å². The lowest BCUT2D eigenvalue weighted by atomic mass is 9.94. The summed E-state index contributed by atoms with van der Waals surface area (Å²) in [7, 11) is -0.469. The fourth-order valence-corrected chi connectivity index (χ4v) is 2.93. The van der Waals surface area contributed by atoms with E-state index >= 15 is 0 Å². The van der Waals surface area contributed by atoms with Crippen LogP contribution in [0.4, 0.5) is 5.69 Å². The van der Waals surface area contributed by atoms with Crippen LogP contribution in [0, 0.1) is 0 Å². The molecule has 1 aromatic carbocycles. The molecular formula is C14H24N2O3S. The van der Waals surface area contributed by atoms with E-state index in [1.54, 1.807) is 24.3 Å². The van der Waals surface area contributed by atoms with Crippen LogP contribution in [0.5, 0.6) is 0 Å². The van der Waals surface area contributed by atoms with Gasteiger partial charge in [-0.15, -0.1) is 0 Å². The molecule has 1 rings (SSSR count). The van der Waals surface area contributed by atoms with Crippen LogP contribution >= 0.6 is 0 Å². The van der Waals surface area contributed by atoms with Crippen molar-refractivity contribution in [2.24, 2.45) is 0 Å². The third kappa shape index (κ3) is 3.71. The number of nitrogens with zero attached hydrogens (tertiary/aromatic N) is 1. The minimum absolute atomic E-state index is 0.0555. The van der Waals surface area contributed by atoms with Crippen LogP contribution in [0.25, 0.3) is 0 Å². The topological polar surface area (TPSA) is 69.6 Å². The lowest BCUT2D eigenvalue weighted by Crippen LogP contribution is -2.36. The van der Waals surface area contributed by atoms with Gasteiger partial charge in [0, 0.05) is 26.2 Å². The van der Waals surface area contributed by atoms with Gasteiger partial charge in [-0.1, -0.05) is 19.1 Å². The number of benzene rings is 1. The number of aliphatic hydroxyl groups is 1. The van der Waals surface area contributed by atoms with Gasteiger partial charge in [-0.05, 0) is 31.9 Å². The first kappa shape index (κ1) is 16.9. The molecule has 5 nitrogen and oxygen atoms in total. The molecule has 0 bridgehead atoms. The van der Waals surface area contributed by atoms with E-state index in [1.165, 1.54) is 18.4 Å². The average Bonchev–Trinajstić information content (AvgIpc) is 2.39. The maximum Gasteiger partial charge on any atom is 0.244 e. The Kier molecular flexibility index (Phi) is 5.56. The van der Waals surface area contributed by atoms with Gasteiger partial charge in [0.2, 0.25) is 10.0 Å². The highest BCUT2D eigenvalue weighted by atomic mass is 32.2. The van der Waals surface area contributed by atoms with E-state index in [4.69, 9.17) is 5.11 Å². The van der Waals surface area contributed by atoms with Crippen molar-refractivity contribution in [3.63, 3.8) is 0 Å². The maximum absolute atomic E-state index is 12.3. The van der Waals surface area contributed by atoms with Gasteiger partial charge in [-0.2, -0.15) is 0 Å². The van der Waals surface area contributed by atoms with Gasteiger partial charge in [-0.25, -0.2) is 12.7 Å². The molecule has 1 unspecified atom stereocenters. The Bertz CT molecular complexity index is 543. The van der Waals surface area contributed by atoms with Crippen LogP contribution in [-0.2, 0) is 10.0 Å². The lowest BCUT2D eigenvalue weighted by Gasteiger charge is -2.31. The van der Waals surface area contributed by atoms with Crippen LogP contribution in [-0.4, -0.2) is 44.1 Å². The Labute approximate surface area is 121 Å². The zero-order valence-corrected chi connectivity index (χ0v) is 13.4. The molecular weight excluding hydrogens is 276 g/mol. The normalized spacial score (nSPS) is 15.1. The molecule has 0 aliphatic carbocycles. The van der Waals surface area contributed by atoms with Gasteiger partial charge in [0.15, 0.2) is 0 Å². The Morgan fingerprint density at radius 1 is 1.30 bits per heavy atom. The van der Waals surface area contributed by atoms with E-state index in [0.717, 1.165) is 6.42 Å². The van der Waals surface area contributed by atoms with Crippen LogP contribution in [0.3, 0.4) is 0 Å². The van der Waals surface area contributed by atoms with E-state index in [2.05, 4.69) is 5.32 Å². The molecule has 20 heavy (non-hydrogen) atoms. The molecule has 0 fully saturated rings. The predicted molar refractivity (Wildman–Crippen MR) is 81.3 cm³/mol. The first-order valence-electron chi connectivity index (χ1n) is 6.67. The van der Waals surface area contributed by atoms with Crippen molar-refractivity contribution < 1.29 is 13.5 Å². The molecule has 0 saturated carbocycles. The molecule has 0 aliphatic rings. The molecule has 1 aromatic rings. The second kappa shape index (κ2) is 6.56. The van der Waals surface area contributed by atoms with Crippen molar-refractivity contribution in [3.05, 3.63) is 24.3 Å². The SMILES string of the molecule is CCC(C)(CCO)Nc1ccccc1S(=O)(=O)N(C)C. The summed E-state index contributed by atoms with van der Waals surface area (Å²) in [4.78, 5) is 0.252. The highest BCUT2D eigenvalue weighted by molar-refractivity contribution is 7.89.